The molecule has 1 amide bonds. The Labute approximate surface area is 169 Å². The summed E-state index contributed by atoms with van der Waals surface area (Å²) in [5.41, 5.74) is 3.33. The van der Waals surface area contributed by atoms with Gasteiger partial charge in [-0.25, -0.2) is 4.79 Å². The summed E-state index contributed by atoms with van der Waals surface area (Å²) in [6.45, 7) is 1.93. The highest BCUT2D eigenvalue weighted by atomic mass is 16.5. The van der Waals surface area contributed by atoms with Crippen LogP contribution in [0.5, 0.6) is 0 Å². The quantitative estimate of drug-likeness (QED) is 0.596. The Hall–Kier alpha value is -3.91. The van der Waals surface area contributed by atoms with E-state index in [0.29, 0.717) is 12.1 Å². The third kappa shape index (κ3) is 5.30. The largest absolute Gasteiger partial charge is 0.452 e. The molecule has 0 aliphatic carbocycles. The molecule has 0 spiro atoms. The van der Waals surface area contributed by atoms with Crippen LogP contribution in [-0.2, 0) is 16.1 Å². The summed E-state index contributed by atoms with van der Waals surface area (Å²) in [5.74, 6) is -0.969. The van der Waals surface area contributed by atoms with Gasteiger partial charge in [-0.1, -0.05) is 48.5 Å². The zero-order chi connectivity index (χ0) is 20.6. The number of hydrogen-bond acceptors (Lipinski definition) is 4. The molecule has 0 saturated carbocycles. The summed E-state index contributed by atoms with van der Waals surface area (Å²) in [6, 6.07) is 25.4. The maximum atomic E-state index is 12.9. The van der Waals surface area contributed by atoms with E-state index in [4.69, 9.17) is 10.00 Å². The summed E-state index contributed by atoms with van der Waals surface area (Å²) < 4.78 is 5.22. The van der Waals surface area contributed by atoms with Gasteiger partial charge in [-0.2, -0.15) is 5.26 Å². The highest BCUT2D eigenvalue weighted by Gasteiger charge is 2.19. The number of nitriles is 1. The molecule has 0 atom stereocenters. The minimum absolute atomic E-state index is 0.238. The highest BCUT2D eigenvalue weighted by Crippen LogP contribution is 2.19. The first kappa shape index (κ1) is 19.8. The van der Waals surface area contributed by atoms with Gasteiger partial charge in [-0.05, 0) is 48.4 Å². The number of hydrogen-bond donors (Lipinski definition) is 0. The lowest BCUT2D eigenvalue weighted by Gasteiger charge is -2.23. The van der Waals surface area contributed by atoms with Crippen molar-refractivity contribution >= 4 is 17.6 Å². The van der Waals surface area contributed by atoms with Gasteiger partial charge in [0.15, 0.2) is 6.61 Å². The molecular weight excluding hydrogens is 364 g/mol. The van der Waals surface area contributed by atoms with Gasteiger partial charge in [0.25, 0.3) is 5.91 Å². The van der Waals surface area contributed by atoms with Crippen LogP contribution in [0, 0.1) is 18.3 Å². The van der Waals surface area contributed by atoms with E-state index >= 15 is 0 Å². The molecule has 0 aliphatic rings. The monoisotopic (exact) mass is 384 g/mol. The van der Waals surface area contributed by atoms with Crippen LogP contribution in [0.2, 0.25) is 0 Å². The summed E-state index contributed by atoms with van der Waals surface area (Å²) in [7, 11) is 0. The first-order chi connectivity index (χ1) is 14.1. The molecule has 3 rings (SSSR count). The van der Waals surface area contributed by atoms with E-state index in [1.807, 2.05) is 67.6 Å². The normalized spacial score (nSPS) is 10.1. The van der Waals surface area contributed by atoms with Gasteiger partial charge in [-0.15, -0.1) is 0 Å². The lowest BCUT2D eigenvalue weighted by Crippen LogP contribution is -2.34. The second-order valence-electron chi connectivity index (χ2n) is 6.57. The van der Waals surface area contributed by atoms with Gasteiger partial charge in [-0.3, -0.25) is 4.79 Å². The molecule has 0 unspecified atom stereocenters. The fraction of sp³-hybridized carbons (Fsp3) is 0.125. The smallest absolute Gasteiger partial charge is 0.338 e. The molecule has 0 aliphatic heterocycles. The minimum Gasteiger partial charge on any atom is -0.452 e. The predicted octanol–water partition coefficient (Wildman–Crippen LogP) is 4.26. The van der Waals surface area contributed by atoms with Crippen LogP contribution in [0.3, 0.4) is 0 Å². The Morgan fingerprint density at radius 2 is 1.72 bits per heavy atom. The van der Waals surface area contributed by atoms with Crippen LogP contribution < -0.4 is 4.90 Å². The number of carbonyl (C=O) groups is 2. The van der Waals surface area contributed by atoms with E-state index in [1.54, 1.807) is 23.1 Å². The van der Waals surface area contributed by atoms with E-state index in [2.05, 4.69) is 0 Å². The second kappa shape index (κ2) is 9.34. The predicted molar refractivity (Wildman–Crippen MR) is 110 cm³/mol. The maximum Gasteiger partial charge on any atom is 0.338 e. The van der Waals surface area contributed by atoms with E-state index in [-0.39, 0.29) is 11.5 Å². The summed E-state index contributed by atoms with van der Waals surface area (Å²) in [5, 5.41) is 8.96. The molecule has 0 aromatic heterocycles. The molecular formula is C24H20N2O3. The van der Waals surface area contributed by atoms with Gasteiger partial charge in [0.05, 0.1) is 23.7 Å². The van der Waals surface area contributed by atoms with E-state index < -0.39 is 12.6 Å². The van der Waals surface area contributed by atoms with Crippen molar-refractivity contribution in [2.45, 2.75) is 13.5 Å². The molecule has 0 fully saturated rings. The van der Waals surface area contributed by atoms with Gasteiger partial charge in [0.1, 0.15) is 0 Å². The molecule has 0 N–H and O–H groups in total. The van der Waals surface area contributed by atoms with Crippen molar-refractivity contribution in [1.29, 1.82) is 5.26 Å². The van der Waals surface area contributed by atoms with Crippen molar-refractivity contribution < 1.29 is 14.3 Å². The number of esters is 1. The summed E-state index contributed by atoms with van der Waals surface area (Å²) in [4.78, 5) is 26.8. The van der Waals surface area contributed by atoms with E-state index in [9.17, 15) is 9.59 Å². The van der Waals surface area contributed by atoms with E-state index in [0.717, 1.165) is 16.8 Å². The van der Waals surface area contributed by atoms with Gasteiger partial charge < -0.3 is 9.64 Å². The Morgan fingerprint density at radius 3 is 2.45 bits per heavy atom. The number of nitrogens with zero attached hydrogens (tertiary/aromatic N) is 2. The molecule has 3 aromatic carbocycles. The third-order valence-corrected chi connectivity index (χ3v) is 4.35. The van der Waals surface area contributed by atoms with Crippen LogP contribution in [0.1, 0.15) is 27.0 Å². The summed E-state index contributed by atoms with van der Waals surface area (Å²) in [6.07, 6.45) is 0. The fourth-order valence-corrected chi connectivity index (χ4v) is 2.89. The molecule has 0 radical (unpaired) electrons. The van der Waals surface area contributed by atoms with Gasteiger partial charge >= 0.3 is 5.97 Å². The van der Waals surface area contributed by atoms with Crippen molar-refractivity contribution in [1.82, 2.24) is 0 Å². The van der Waals surface area contributed by atoms with Crippen molar-refractivity contribution in [2.75, 3.05) is 11.5 Å². The number of benzene rings is 3. The molecule has 3 aromatic rings. The first-order valence-corrected chi connectivity index (χ1v) is 9.15. The number of rotatable bonds is 6. The third-order valence-electron chi connectivity index (χ3n) is 4.35. The van der Waals surface area contributed by atoms with Gasteiger partial charge in [0, 0.05) is 5.69 Å². The van der Waals surface area contributed by atoms with Crippen LogP contribution in [0.4, 0.5) is 5.69 Å². The molecule has 0 heterocycles. The molecule has 0 bridgehead atoms. The number of carbonyl (C=O) groups excluding carboxylic acids is 2. The number of anilines is 1. The maximum absolute atomic E-state index is 12.9. The Morgan fingerprint density at radius 1 is 0.966 bits per heavy atom. The number of ether oxygens (including phenoxy) is 1. The topological polar surface area (TPSA) is 70.4 Å². The van der Waals surface area contributed by atoms with Gasteiger partial charge in [0.2, 0.25) is 0 Å². The van der Waals surface area contributed by atoms with Crippen molar-refractivity contribution in [3.05, 3.63) is 101 Å². The lowest BCUT2D eigenvalue weighted by molar-refractivity contribution is -0.121. The molecule has 5 heteroatoms. The Kier molecular flexibility index (Phi) is 6.39. The minimum atomic E-state index is -0.639. The fourth-order valence-electron chi connectivity index (χ4n) is 2.89. The first-order valence-electron chi connectivity index (χ1n) is 9.15. The lowest BCUT2D eigenvalue weighted by atomic mass is 10.1. The summed E-state index contributed by atoms with van der Waals surface area (Å²) >= 11 is 0. The van der Waals surface area contributed by atoms with Crippen molar-refractivity contribution in [3.63, 3.8) is 0 Å². The Bertz CT molecular complexity index is 1050. The zero-order valence-electron chi connectivity index (χ0n) is 16.0. The molecule has 0 saturated heterocycles. The van der Waals surface area contributed by atoms with Crippen molar-refractivity contribution in [2.24, 2.45) is 0 Å². The standard InChI is InChI=1S/C24H20N2O3/c1-18-7-5-12-22(13-18)26(16-19-8-3-2-4-9-19)23(27)17-29-24(28)21-11-6-10-20(14-21)15-25/h2-14H,16-17H2,1H3. The number of amides is 1. The Balaban J connectivity index is 1.75. The SMILES string of the molecule is Cc1cccc(N(Cc2ccccc2)C(=O)COC(=O)c2cccc(C#N)c2)c1. The number of aryl methyl sites for hydroxylation is 1. The highest BCUT2D eigenvalue weighted by molar-refractivity contribution is 5.97. The average Bonchev–Trinajstić information content (AvgIpc) is 2.76. The van der Waals surface area contributed by atoms with Crippen molar-refractivity contribution in [3.8, 4) is 6.07 Å². The van der Waals surface area contributed by atoms with Crippen LogP contribution in [-0.4, -0.2) is 18.5 Å². The van der Waals surface area contributed by atoms with Crippen LogP contribution in [0.25, 0.3) is 0 Å². The van der Waals surface area contributed by atoms with Crippen LogP contribution >= 0.6 is 0 Å². The van der Waals surface area contributed by atoms with Crippen LogP contribution in [0.15, 0.2) is 78.9 Å². The van der Waals surface area contributed by atoms with E-state index in [1.165, 1.54) is 6.07 Å². The molecule has 144 valence electrons. The second-order valence-corrected chi connectivity index (χ2v) is 6.57. The average molecular weight is 384 g/mol. The molecule has 5 nitrogen and oxygen atoms in total. The zero-order valence-corrected chi connectivity index (χ0v) is 16.0. The molecule has 29 heavy (non-hydrogen) atoms.